The van der Waals surface area contributed by atoms with Crippen molar-refractivity contribution in [1.29, 1.82) is 0 Å². The van der Waals surface area contributed by atoms with Crippen LogP contribution in [0.4, 0.5) is 8.78 Å². The zero-order valence-electron chi connectivity index (χ0n) is 17.7. The van der Waals surface area contributed by atoms with Crippen LogP contribution in [0.5, 0.6) is 0 Å². The summed E-state index contributed by atoms with van der Waals surface area (Å²) in [5.41, 5.74) is 0.596. The van der Waals surface area contributed by atoms with Crippen LogP contribution >= 0.6 is 16.3 Å². The van der Waals surface area contributed by atoms with E-state index in [-0.39, 0.29) is 29.2 Å². The van der Waals surface area contributed by atoms with Crippen molar-refractivity contribution in [2.75, 3.05) is 26.7 Å². The number of benzene rings is 2. The Balaban J connectivity index is 1.47. The number of halogens is 3. The number of nitrogens with zero attached hydrogens (tertiary/aromatic N) is 1. The highest BCUT2D eigenvalue weighted by Gasteiger charge is 2.44. The predicted molar refractivity (Wildman–Crippen MR) is 120 cm³/mol. The second kappa shape index (κ2) is 9.18. The lowest BCUT2D eigenvalue weighted by atomic mass is 10.0. The number of hydrogen-bond donors (Lipinski definition) is 2. The first kappa shape index (κ1) is 23.3. The van der Waals surface area contributed by atoms with Gasteiger partial charge < -0.3 is 19.4 Å². The fraction of sp³-hybridized carbons (Fsp3) is 0.348. The highest BCUT2D eigenvalue weighted by molar-refractivity contribution is 9.06. The molecule has 0 saturated carbocycles. The lowest BCUT2D eigenvalue weighted by Crippen LogP contribution is -2.45. The number of likely N-dealkylation sites (tertiary alicyclic amines) is 1. The molecule has 174 valence electrons. The van der Waals surface area contributed by atoms with Crippen LogP contribution < -0.4 is 10.6 Å². The predicted octanol–water partition coefficient (Wildman–Crippen LogP) is 2.83. The number of hydrogen-bond acceptors (Lipinski definition) is 5. The maximum absolute atomic E-state index is 14.7. The molecule has 1 saturated heterocycles. The minimum absolute atomic E-state index is 0.0738. The van der Waals surface area contributed by atoms with Crippen LogP contribution in [0.15, 0.2) is 42.5 Å². The molecule has 0 aromatic heterocycles. The molecule has 1 aliphatic heterocycles. The van der Waals surface area contributed by atoms with E-state index in [1.54, 1.807) is 25.2 Å². The van der Waals surface area contributed by atoms with Crippen LogP contribution in [0.25, 0.3) is 11.1 Å². The third-order valence-electron chi connectivity index (χ3n) is 6.12. The molecule has 33 heavy (non-hydrogen) atoms. The second-order valence-electron chi connectivity index (χ2n) is 8.18. The second-order valence-corrected chi connectivity index (χ2v) is 8.50. The Kier molecular flexibility index (Phi) is 6.49. The number of fused-ring (bicyclic) bond motifs is 3. The number of nitrogens with one attached hydrogen (secondary N) is 2. The van der Waals surface area contributed by atoms with E-state index in [0.717, 1.165) is 0 Å². The maximum Gasteiger partial charge on any atom is 0.340 e. The first-order valence-electron chi connectivity index (χ1n) is 10.4. The van der Waals surface area contributed by atoms with Crippen molar-refractivity contribution in [3.05, 3.63) is 59.2 Å². The number of alkyl halides is 2. The average molecular weight is 522 g/mol. The van der Waals surface area contributed by atoms with Gasteiger partial charge >= 0.3 is 5.97 Å². The fourth-order valence-corrected chi connectivity index (χ4v) is 4.80. The molecule has 10 heteroatoms. The molecule has 2 amide bonds. The monoisotopic (exact) mass is 521 g/mol. The van der Waals surface area contributed by atoms with Gasteiger partial charge in [0.25, 0.3) is 11.8 Å². The summed E-state index contributed by atoms with van der Waals surface area (Å²) in [7, 11) is 1.79. The Bertz CT molecular complexity index is 1110. The van der Waals surface area contributed by atoms with E-state index in [0.29, 0.717) is 30.6 Å². The van der Waals surface area contributed by atoms with Crippen LogP contribution in [0, 0.1) is 5.92 Å². The van der Waals surface area contributed by atoms with E-state index < -0.39 is 29.7 Å². The summed E-state index contributed by atoms with van der Waals surface area (Å²) in [4.78, 5) is 38.9. The molecule has 0 bridgehead atoms. The largest absolute Gasteiger partial charge is 0.382 e. The molecular weight excluding hydrogens is 500 g/mol. The maximum atomic E-state index is 14.7. The van der Waals surface area contributed by atoms with Crippen LogP contribution in [-0.2, 0) is 19.3 Å². The minimum atomic E-state index is -3.13. The van der Waals surface area contributed by atoms with E-state index in [2.05, 4.69) is 30.7 Å². The third-order valence-corrected chi connectivity index (χ3v) is 6.44. The van der Waals surface area contributed by atoms with Gasteiger partial charge in [-0.1, -0.05) is 30.3 Å². The molecule has 2 aromatic carbocycles. The molecule has 1 aliphatic carbocycles. The SMILES string of the molecule is CNC[C@H]1C[C@@H](C(=O)OBr)N(C(=O)CNC(=O)c2ccc3c(c2)-c2ccccc2C3(F)F)C1. The van der Waals surface area contributed by atoms with Gasteiger partial charge in [0.2, 0.25) is 5.91 Å². The fourth-order valence-electron chi connectivity index (χ4n) is 4.59. The molecule has 2 N–H and O–H groups in total. The summed E-state index contributed by atoms with van der Waals surface area (Å²) in [5.74, 6) is -4.63. The van der Waals surface area contributed by atoms with Gasteiger partial charge in [-0.15, -0.1) is 0 Å². The number of amides is 2. The van der Waals surface area contributed by atoms with Crippen LogP contribution in [0.2, 0.25) is 0 Å². The van der Waals surface area contributed by atoms with Gasteiger partial charge in [-0.3, -0.25) is 9.59 Å². The number of rotatable bonds is 6. The third kappa shape index (κ3) is 4.24. The van der Waals surface area contributed by atoms with Crippen molar-refractivity contribution in [3.8, 4) is 11.1 Å². The van der Waals surface area contributed by atoms with Gasteiger partial charge in [-0.25, -0.2) is 4.79 Å². The summed E-state index contributed by atoms with van der Waals surface area (Å²) in [6.07, 6.45) is 0.448. The summed E-state index contributed by atoms with van der Waals surface area (Å²) in [6.45, 7) is 0.650. The lowest BCUT2D eigenvalue weighted by Gasteiger charge is -2.22. The molecule has 7 nitrogen and oxygen atoms in total. The van der Waals surface area contributed by atoms with Gasteiger partial charge in [0, 0.05) is 23.2 Å². The lowest BCUT2D eigenvalue weighted by molar-refractivity contribution is -0.144. The molecule has 4 rings (SSSR count). The van der Waals surface area contributed by atoms with Crippen molar-refractivity contribution in [2.45, 2.75) is 18.4 Å². The van der Waals surface area contributed by atoms with Gasteiger partial charge in [0.05, 0.1) is 6.54 Å². The number of carbonyl (C=O) groups excluding carboxylic acids is 3. The Labute approximate surface area is 197 Å². The van der Waals surface area contributed by atoms with Gasteiger partial charge in [-0.05, 0) is 49.2 Å². The van der Waals surface area contributed by atoms with Crippen molar-refractivity contribution in [3.63, 3.8) is 0 Å². The van der Waals surface area contributed by atoms with Crippen molar-refractivity contribution >= 4 is 34.0 Å². The molecule has 0 spiro atoms. The van der Waals surface area contributed by atoms with Crippen LogP contribution in [0.3, 0.4) is 0 Å². The smallest absolute Gasteiger partial charge is 0.340 e. The first-order valence-corrected chi connectivity index (χ1v) is 11.1. The summed E-state index contributed by atoms with van der Waals surface area (Å²) in [5, 5.41) is 5.57. The average Bonchev–Trinajstić information content (AvgIpc) is 3.34. The highest BCUT2D eigenvalue weighted by Crippen LogP contribution is 2.50. The van der Waals surface area contributed by atoms with E-state index in [9.17, 15) is 23.2 Å². The molecule has 2 aromatic rings. The van der Waals surface area contributed by atoms with E-state index >= 15 is 0 Å². The topological polar surface area (TPSA) is 87.7 Å². The van der Waals surface area contributed by atoms with Crippen LogP contribution in [-0.4, -0.2) is 55.4 Å². The standard InChI is InChI=1S/C23H22BrF2N3O4/c1-27-10-13-8-19(22(32)33-24)29(12-13)20(30)11-28-21(31)14-6-7-18-16(9-14)15-4-2-3-5-17(15)23(18,25)26/h2-7,9,13,19,27H,8,10-12H2,1H3,(H,28,31)/t13-,19+/m1/s1. The molecule has 0 unspecified atom stereocenters. The highest BCUT2D eigenvalue weighted by atomic mass is 79.9. The zero-order valence-corrected chi connectivity index (χ0v) is 19.3. The summed E-state index contributed by atoms with van der Waals surface area (Å²) >= 11 is 2.67. The Hall–Kier alpha value is -2.85. The molecule has 1 fully saturated rings. The van der Waals surface area contributed by atoms with Gasteiger partial charge in [0.1, 0.15) is 6.04 Å². The Morgan fingerprint density at radius 3 is 2.61 bits per heavy atom. The molecular formula is C23H22BrF2N3O4. The summed E-state index contributed by atoms with van der Waals surface area (Å²) < 4.78 is 34.1. The quantitative estimate of drug-likeness (QED) is 0.610. The van der Waals surface area contributed by atoms with Gasteiger partial charge in [-0.2, -0.15) is 8.78 Å². The van der Waals surface area contributed by atoms with Gasteiger partial charge in [0.15, 0.2) is 16.3 Å². The van der Waals surface area contributed by atoms with E-state index in [1.165, 1.54) is 29.2 Å². The normalized spacial score (nSPS) is 20.2. The number of carbonyl (C=O) groups is 3. The van der Waals surface area contributed by atoms with Crippen LogP contribution in [0.1, 0.15) is 27.9 Å². The van der Waals surface area contributed by atoms with Crippen molar-refractivity contribution in [2.24, 2.45) is 5.92 Å². The van der Waals surface area contributed by atoms with E-state index in [1.807, 2.05) is 0 Å². The van der Waals surface area contributed by atoms with Crippen molar-refractivity contribution in [1.82, 2.24) is 15.5 Å². The molecule has 2 aliphatic rings. The van der Waals surface area contributed by atoms with Crippen molar-refractivity contribution < 1.29 is 27.0 Å². The summed E-state index contributed by atoms with van der Waals surface area (Å²) in [6, 6.07) is 9.43. The minimum Gasteiger partial charge on any atom is -0.382 e. The Morgan fingerprint density at radius 2 is 1.88 bits per heavy atom. The van der Waals surface area contributed by atoms with E-state index in [4.69, 9.17) is 0 Å². The molecule has 2 atom stereocenters. The molecule has 0 radical (unpaired) electrons. The Morgan fingerprint density at radius 1 is 1.15 bits per heavy atom. The zero-order chi connectivity index (χ0) is 23.8. The molecule has 1 heterocycles. The first-order chi connectivity index (χ1) is 15.8.